The molecule has 0 amide bonds. The van der Waals surface area contributed by atoms with Crippen molar-refractivity contribution in [3.63, 3.8) is 0 Å². The van der Waals surface area contributed by atoms with Gasteiger partial charge in [0.05, 0.1) is 11.4 Å². The van der Waals surface area contributed by atoms with Crippen molar-refractivity contribution in [3.8, 4) is 0 Å². The van der Waals surface area contributed by atoms with Crippen molar-refractivity contribution >= 4 is 79.6 Å². The highest BCUT2D eigenvalue weighted by Gasteiger charge is 2.28. The van der Waals surface area contributed by atoms with Gasteiger partial charge in [-0.15, -0.1) is 0 Å². The predicted molar refractivity (Wildman–Crippen MR) is 303 cm³/mol. The largest absolute Gasteiger partial charge is 0.341 e. The van der Waals surface area contributed by atoms with Crippen LogP contribution < -0.4 is 29.4 Å². The minimum atomic E-state index is 0.969. The zero-order valence-corrected chi connectivity index (χ0v) is 41.0. The van der Waals surface area contributed by atoms with E-state index in [1.54, 1.807) is 0 Å². The first-order valence-electron chi connectivity index (χ1n) is 26.2. The van der Waals surface area contributed by atoms with Crippen LogP contribution >= 0.6 is 0 Å². The highest BCUT2D eigenvalue weighted by Crippen LogP contribution is 2.48. The summed E-state index contributed by atoms with van der Waals surface area (Å²) < 4.78 is 0. The molecule has 0 saturated heterocycles. The van der Waals surface area contributed by atoms with Crippen molar-refractivity contribution in [1.29, 1.82) is 0 Å². The summed E-state index contributed by atoms with van der Waals surface area (Å²) in [7, 11) is 0. The van der Waals surface area contributed by atoms with E-state index in [0.29, 0.717) is 0 Å². The van der Waals surface area contributed by atoms with Gasteiger partial charge in [-0.25, -0.2) is 0 Å². The van der Waals surface area contributed by atoms with Gasteiger partial charge in [-0.1, -0.05) is 115 Å². The number of aryl methyl sites for hydroxylation is 4. The number of anilines is 14. The molecule has 0 N–H and O–H groups in total. The van der Waals surface area contributed by atoms with Gasteiger partial charge in [0.15, 0.2) is 0 Å². The molecule has 0 radical (unpaired) electrons. The molecule has 0 unspecified atom stereocenters. The lowest BCUT2D eigenvalue weighted by Crippen LogP contribution is -2.27. The maximum Gasteiger partial charge on any atom is 0.0503 e. The van der Waals surface area contributed by atoms with Crippen LogP contribution in [-0.4, -0.2) is 26.2 Å². The second kappa shape index (κ2) is 19.2. The van der Waals surface area contributed by atoms with E-state index in [0.717, 1.165) is 112 Å². The lowest BCUT2D eigenvalue weighted by molar-refractivity contribution is 0.761. The number of rotatable bonds is 10. The summed E-state index contributed by atoms with van der Waals surface area (Å²) in [5.41, 5.74) is 22.4. The maximum atomic E-state index is 2.56. The molecule has 0 aliphatic carbocycles. The molecule has 4 aliphatic rings. The second-order valence-corrected chi connectivity index (χ2v) is 19.8. The highest BCUT2D eigenvalue weighted by atomic mass is 15.2. The highest BCUT2D eigenvalue weighted by molar-refractivity contribution is 5.89. The standard InChI is InChI=1S/C66H60N6/c1-3-28-53(29-4-1)71(61-45-57(67-38-16-24-49-20-7-11-34-63(49)67)43-58(46-61)68-39-17-25-50-21-8-12-35-64(50)68)55-32-15-33-56(42-55)72(54-30-5-2-6-31-54)62-47-59(69-40-18-26-51-22-9-13-36-65(51)69)44-60(48-62)70-41-19-27-52-23-10-14-37-66(52)70/h1-15,20-23,28-37,42-48H,16-19,24-27,38-41H2. The van der Waals surface area contributed by atoms with Gasteiger partial charge in [-0.05, 0) is 177 Å². The molecular weight excluding hydrogens is 877 g/mol. The average molecular weight is 937 g/mol. The van der Waals surface area contributed by atoms with Crippen LogP contribution in [0.25, 0.3) is 0 Å². The summed E-state index contributed by atoms with van der Waals surface area (Å²) in [5.74, 6) is 0. The van der Waals surface area contributed by atoms with E-state index >= 15 is 0 Å². The molecule has 0 aromatic heterocycles. The summed E-state index contributed by atoms with van der Waals surface area (Å²) in [4.78, 5) is 15.2. The third kappa shape index (κ3) is 8.30. The first kappa shape index (κ1) is 43.8. The van der Waals surface area contributed by atoms with Crippen molar-refractivity contribution < 1.29 is 0 Å². The predicted octanol–water partition coefficient (Wildman–Crippen LogP) is 17.0. The summed E-state index contributed by atoms with van der Waals surface area (Å²) in [6.07, 6.45) is 8.84. The smallest absolute Gasteiger partial charge is 0.0503 e. The molecule has 6 nitrogen and oxygen atoms in total. The first-order chi connectivity index (χ1) is 35.7. The van der Waals surface area contributed by atoms with Crippen LogP contribution in [-0.2, 0) is 25.7 Å². The lowest BCUT2D eigenvalue weighted by Gasteiger charge is -2.37. The number of para-hydroxylation sites is 6. The minimum Gasteiger partial charge on any atom is -0.341 e. The molecule has 0 spiro atoms. The van der Waals surface area contributed by atoms with Crippen LogP contribution in [0.15, 0.2) is 218 Å². The lowest BCUT2D eigenvalue weighted by atomic mass is 9.99. The average Bonchev–Trinajstić information content (AvgIpc) is 3.45. The Labute approximate surface area is 425 Å². The molecule has 9 aromatic carbocycles. The van der Waals surface area contributed by atoms with Crippen LogP contribution in [0, 0.1) is 0 Å². The van der Waals surface area contributed by atoms with Gasteiger partial charge in [0, 0.05) is 94.4 Å². The van der Waals surface area contributed by atoms with Crippen molar-refractivity contribution in [2.24, 2.45) is 0 Å². The van der Waals surface area contributed by atoms with E-state index in [2.05, 4.69) is 248 Å². The molecule has 0 atom stereocenters. The number of hydrogen-bond acceptors (Lipinski definition) is 6. The molecule has 9 aromatic rings. The first-order valence-corrected chi connectivity index (χ1v) is 26.2. The number of nitrogens with zero attached hydrogens (tertiary/aromatic N) is 6. The van der Waals surface area contributed by atoms with Gasteiger partial charge in [0.25, 0.3) is 0 Å². The minimum absolute atomic E-state index is 0.969. The Balaban J connectivity index is 0.991. The monoisotopic (exact) mass is 936 g/mol. The fourth-order valence-electron chi connectivity index (χ4n) is 12.1. The van der Waals surface area contributed by atoms with Crippen LogP contribution in [0.4, 0.5) is 79.6 Å². The Hall–Kier alpha value is -8.22. The van der Waals surface area contributed by atoms with Crippen LogP contribution in [0.3, 0.4) is 0 Å². The van der Waals surface area contributed by atoms with E-state index in [1.807, 2.05) is 0 Å². The van der Waals surface area contributed by atoms with Crippen molar-refractivity contribution in [1.82, 2.24) is 0 Å². The topological polar surface area (TPSA) is 19.4 Å². The zero-order chi connectivity index (χ0) is 47.8. The number of benzene rings is 9. The van der Waals surface area contributed by atoms with Gasteiger partial charge < -0.3 is 29.4 Å². The van der Waals surface area contributed by atoms with E-state index < -0.39 is 0 Å². The number of fused-ring (bicyclic) bond motifs is 4. The van der Waals surface area contributed by atoms with Gasteiger partial charge in [-0.3, -0.25) is 0 Å². The summed E-state index contributed by atoms with van der Waals surface area (Å²) in [6.45, 7) is 3.87. The molecule has 6 heteroatoms. The van der Waals surface area contributed by atoms with Gasteiger partial charge >= 0.3 is 0 Å². The Morgan fingerprint density at radius 2 is 0.514 bits per heavy atom. The van der Waals surface area contributed by atoms with Crippen LogP contribution in [0.5, 0.6) is 0 Å². The quantitative estimate of drug-likeness (QED) is 0.135. The molecule has 72 heavy (non-hydrogen) atoms. The zero-order valence-electron chi connectivity index (χ0n) is 41.0. The van der Waals surface area contributed by atoms with Gasteiger partial charge in [0.2, 0.25) is 0 Å². The van der Waals surface area contributed by atoms with Crippen molar-refractivity contribution in [2.75, 3.05) is 55.6 Å². The van der Waals surface area contributed by atoms with Crippen LogP contribution in [0.2, 0.25) is 0 Å². The summed E-state index contributed by atoms with van der Waals surface area (Å²) in [5, 5.41) is 0. The molecule has 13 rings (SSSR count). The molecule has 0 bridgehead atoms. The van der Waals surface area contributed by atoms with Crippen LogP contribution in [0.1, 0.15) is 47.9 Å². The Kier molecular flexibility index (Phi) is 11.7. The summed E-state index contributed by atoms with van der Waals surface area (Å²) >= 11 is 0. The normalized spacial score (nSPS) is 15.0. The Morgan fingerprint density at radius 3 is 0.833 bits per heavy atom. The van der Waals surface area contributed by atoms with Gasteiger partial charge in [-0.2, -0.15) is 0 Å². The van der Waals surface area contributed by atoms with E-state index in [-0.39, 0.29) is 0 Å². The molecule has 0 saturated carbocycles. The SMILES string of the molecule is c1ccc(N(c2cc(N3CCCc4ccccc43)cc(N3CCCc4ccccc43)c2)c2cccc(N(c3ccccc3)c3cc(N4CCCc5ccccc54)cc(N4CCCc5ccccc54)c3)c2)cc1. The molecular formula is C66H60N6. The Bertz CT molecular complexity index is 3010. The molecule has 354 valence electrons. The van der Waals surface area contributed by atoms with E-state index in [9.17, 15) is 0 Å². The Morgan fingerprint density at radius 1 is 0.236 bits per heavy atom. The molecule has 0 fully saturated rings. The third-order valence-corrected chi connectivity index (χ3v) is 15.4. The second-order valence-electron chi connectivity index (χ2n) is 19.8. The maximum absolute atomic E-state index is 2.56. The fourth-order valence-corrected chi connectivity index (χ4v) is 12.1. The fraction of sp³-hybridized carbons (Fsp3) is 0.182. The van der Waals surface area contributed by atoms with E-state index in [1.165, 1.54) is 67.8 Å². The van der Waals surface area contributed by atoms with E-state index in [4.69, 9.17) is 0 Å². The molecule has 4 aliphatic heterocycles. The van der Waals surface area contributed by atoms with Crippen molar-refractivity contribution in [3.05, 3.63) is 241 Å². The van der Waals surface area contributed by atoms with Crippen molar-refractivity contribution in [2.45, 2.75) is 51.4 Å². The number of hydrogen-bond donors (Lipinski definition) is 0. The van der Waals surface area contributed by atoms with Gasteiger partial charge in [0.1, 0.15) is 0 Å². The summed E-state index contributed by atoms with van der Waals surface area (Å²) in [6, 6.07) is 81.7. The third-order valence-electron chi connectivity index (χ3n) is 15.4. The molecule has 4 heterocycles.